The number of nitrogens with one attached hydrogen (secondary N) is 1. The Morgan fingerprint density at radius 3 is 2.68 bits per heavy atom. The highest BCUT2D eigenvalue weighted by Gasteiger charge is 2.34. The molecule has 2 aromatic carbocycles. The molecule has 1 atom stereocenters. The van der Waals surface area contributed by atoms with Crippen LogP contribution in [0.5, 0.6) is 0 Å². The number of amides is 2. The molecule has 3 N–H and O–H groups in total. The summed E-state index contributed by atoms with van der Waals surface area (Å²) in [6, 6.07) is 16.8. The van der Waals surface area contributed by atoms with Crippen LogP contribution in [0.1, 0.15) is 42.2 Å². The van der Waals surface area contributed by atoms with E-state index in [0.29, 0.717) is 12.5 Å². The largest absolute Gasteiger partial charge is 0.361 e. The fraction of sp³-hybridized carbons (Fsp3) is 0.360. The SMILES string of the molecule is NC(=O)C(=O)N1C[C@@H](CCN2CCC(c3ccc4[nH]ccc4c3)CC2)c2ccccc21. The number of aromatic nitrogens is 1. The highest BCUT2D eigenvalue weighted by Crippen LogP contribution is 2.38. The average molecular weight is 417 g/mol. The minimum Gasteiger partial charge on any atom is -0.361 e. The molecule has 0 saturated carbocycles. The molecule has 1 aromatic heterocycles. The molecule has 3 aromatic rings. The van der Waals surface area contributed by atoms with Crippen molar-refractivity contribution in [2.45, 2.75) is 31.1 Å². The lowest BCUT2D eigenvalue weighted by molar-refractivity contribution is -0.135. The molecule has 160 valence electrons. The average Bonchev–Trinajstić information content (AvgIpc) is 3.41. The molecule has 3 heterocycles. The van der Waals surface area contributed by atoms with Crippen LogP contribution >= 0.6 is 0 Å². The highest BCUT2D eigenvalue weighted by molar-refractivity contribution is 6.40. The van der Waals surface area contributed by atoms with Gasteiger partial charge in [0.25, 0.3) is 0 Å². The molecule has 31 heavy (non-hydrogen) atoms. The quantitative estimate of drug-likeness (QED) is 0.640. The van der Waals surface area contributed by atoms with E-state index in [4.69, 9.17) is 5.73 Å². The number of nitrogens with two attached hydrogens (primary N) is 1. The topological polar surface area (TPSA) is 82.4 Å². The number of fused-ring (bicyclic) bond motifs is 2. The van der Waals surface area contributed by atoms with Crippen LogP contribution in [0.2, 0.25) is 0 Å². The van der Waals surface area contributed by atoms with Crippen LogP contribution in [0.3, 0.4) is 0 Å². The van der Waals surface area contributed by atoms with Gasteiger partial charge in [-0.05, 0) is 85.6 Å². The Labute approximate surface area is 182 Å². The molecular formula is C25H28N4O2. The minimum absolute atomic E-state index is 0.244. The number of hydrogen-bond acceptors (Lipinski definition) is 3. The van der Waals surface area contributed by atoms with E-state index >= 15 is 0 Å². The summed E-state index contributed by atoms with van der Waals surface area (Å²) in [7, 11) is 0. The van der Waals surface area contributed by atoms with Crippen LogP contribution in [-0.2, 0) is 9.59 Å². The molecule has 6 nitrogen and oxygen atoms in total. The Hall–Kier alpha value is -3.12. The van der Waals surface area contributed by atoms with Crippen molar-refractivity contribution in [1.29, 1.82) is 0 Å². The standard InChI is InChI=1S/C25H28N4O2/c26-24(30)25(31)29-16-20(21-3-1-2-4-23(21)29)10-14-28-12-8-17(9-13-28)18-5-6-22-19(15-18)7-11-27-22/h1-7,11,15,17,20,27H,8-10,12-14,16H2,(H2,26,30)/t20-/m1/s1. The van der Waals surface area contributed by atoms with Gasteiger partial charge < -0.3 is 20.5 Å². The summed E-state index contributed by atoms with van der Waals surface area (Å²) in [6.07, 6.45) is 5.31. The van der Waals surface area contributed by atoms with Crippen LogP contribution in [0.4, 0.5) is 5.69 Å². The molecule has 1 saturated heterocycles. The van der Waals surface area contributed by atoms with E-state index < -0.39 is 11.8 Å². The number of hydrogen-bond donors (Lipinski definition) is 2. The fourth-order valence-corrected chi connectivity index (χ4v) is 5.22. The smallest absolute Gasteiger partial charge is 0.316 e. The van der Waals surface area contributed by atoms with E-state index in [1.807, 2.05) is 24.4 Å². The van der Waals surface area contributed by atoms with E-state index in [1.54, 1.807) is 4.90 Å². The number of piperidine rings is 1. The number of primary amides is 1. The number of carbonyl (C=O) groups excluding carboxylic acids is 2. The number of carbonyl (C=O) groups is 2. The van der Waals surface area contributed by atoms with Crippen LogP contribution in [-0.4, -0.2) is 47.9 Å². The Kier molecular flexibility index (Phi) is 5.24. The van der Waals surface area contributed by atoms with Crippen molar-refractivity contribution in [1.82, 2.24) is 9.88 Å². The lowest BCUT2D eigenvalue weighted by Gasteiger charge is -2.33. The van der Waals surface area contributed by atoms with E-state index in [2.05, 4.69) is 40.2 Å². The Bertz CT molecular complexity index is 1110. The first kappa shape index (κ1) is 19.8. The lowest BCUT2D eigenvalue weighted by atomic mass is 9.88. The highest BCUT2D eigenvalue weighted by atomic mass is 16.2. The minimum atomic E-state index is -0.893. The summed E-state index contributed by atoms with van der Waals surface area (Å²) in [5.41, 5.74) is 9.87. The first-order chi connectivity index (χ1) is 15.1. The second-order valence-electron chi connectivity index (χ2n) is 8.76. The van der Waals surface area contributed by atoms with Gasteiger partial charge in [-0.1, -0.05) is 24.3 Å². The van der Waals surface area contributed by atoms with Crippen LogP contribution in [0.25, 0.3) is 10.9 Å². The fourth-order valence-electron chi connectivity index (χ4n) is 5.22. The Morgan fingerprint density at radius 1 is 1.06 bits per heavy atom. The zero-order chi connectivity index (χ0) is 21.4. The van der Waals surface area contributed by atoms with Crippen molar-refractivity contribution in [2.24, 2.45) is 5.73 Å². The maximum absolute atomic E-state index is 12.2. The summed E-state index contributed by atoms with van der Waals surface area (Å²) in [5.74, 6) is -0.648. The maximum atomic E-state index is 12.2. The van der Waals surface area contributed by atoms with Crippen molar-refractivity contribution in [3.8, 4) is 0 Å². The van der Waals surface area contributed by atoms with Crippen LogP contribution in [0, 0.1) is 0 Å². The summed E-state index contributed by atoms with van der Waals surface area (Å²) in [4.78, 5) is 31.0. The summed E-state index contributed by atoms with van der Waals surface area (Å²) >= 11 is 0. The molecule has 0 bridgehead atoms. The Morgan fingerprint density at radius 2 is 1.87 bits per heavy atom. The number of likely N-dealkylation sites (tertiary alicyclic amines) is 1. The number of anilines is 1. The maximum Gasteiger partial charge on any atom is 0.316 e. The van der Waals surface area contributed by atoms with E-state index in [1.165, 1.54) is 29.3 Å². The molecule has 0 aliphatic carbocycles. The van der Waals surface area contributed by atoms with Crippen LogP contribution in [0.15, 0.2) is 54.7 Å². The molecule has 2 amide bonds. The molecule has 5 rings (SSSR count). The van der Waals surface area contributed by atoms with Gasteiger partial charge in [-0.3, -0.25) is 9.59 Å². The van der Waals surface area contributed by atoms with Crippen LogP contribution < -0.4 is 10.6 Å². The monoisotopic (exact) mass is 416 g/mol. The third kappa shape index (κ3) is 3.83. The number of aromatic amines is 1. The zero-order valence-electron chi connectivity index (χ0n) is 17.6. The van der Waals surface area contributed by atoms with Crippen molar-refractivity contribution in [3.63, 3.8) is 0 Å². The van der Waals surface area contributed by atoms with Crippen molar-refractivity contribution >= 4 is 28.4 Å². The predicted octanol–water partition coefficient (Wildman–Crippen LogP) is 3.35. The first-order valence-electron chi connectivity index (χ1n) is 11.1. The zero-order valence-corrected chi connectivity index (χ0v) is 17.6. The van der Waals surface area contributed by atoms with Gasteiger partial charge in [0.1, 0.15) is 0 Å². The number of H-pyrrole nitrogens is 1. The van der Waals surface area contributed by atoms with Gasteiger partial charge in [0.05, 0.1) is 0 Å². The number of rotatable bonds is 4. The van der Waals surface area contributed by atoms with E-state index in [0.717, 1.165) is 37.3 Å². The second-order valence-corrected chi connectivity index (χ2v) is 8.76. The first-order valence-corrected chi connectivity index (χ1v) is 11.1. The number of benzene rings is 2. The van der Waals surface area contributed by atoms with Gasteiger partial charge in [-0.25, -0.2) is 0 Å². The van der Waals surface area contributed by atoms with Gasteiger partial charge in [0, 0.05) is 29.9 Å². The number of para-hydroxylation sites is 1. The van der Waals surface area contributed by atoms with Gasteiger partial charge >= 0.3 is 11.8 Å². The van der Waals surface area contributed by atoms with Gasteiger partial charge in [0.15, 0.2) is 0 Å². The third-order valence-electron chi connectivity index (χ3n) is 6.96. The van der Waals surface area contributed by atoms with Gasteiger partial charge in [-0.2, -0.15) is 0 Å². The summed E-state index contributed by atoms with van der Waals surface area (Å²) < 4.78 is 0. The molecule has 6 heteroatoms. The second kappa shape index (κ2) is 8.19. The van der Waals surface area contributed by atoms with Crippen molar-refractivity contribution in [2.75, 3.05) is 31.1 Å². The van der Waals surface area contributed by atoms with Gasteiger partial charge in [-0.15, -0.1) is 0 Å². The molecule has 1 fully saturated rings. The molecule has 0 unspecified atom stereocenters. The molecule has 2 aliphatic rings. The van der Waals surface area contributed by atoms with Crippen molar-refractivity contribution < 1.29 is 9.59 Å². The molecule has 0 radical (unpaired) electrons. The van der Waals surface area contributed by atoms with Gasteiger partial charge in [0.2, 0.25) is 0 Å². The van der Waals surface area contributed by atoms with Crippen molar-refractivity contribution in [3.05, 3.63) is 65.9 Å². The predicted molar refractivity (Wildman–Crippen MR) is 122 cm³/mol. The number of nitrogens with zero attached hydrogens (tertiary/aromatic N) is 2. The normalized spacial score (nSPS) is 19.6. The summed E-state index contributed by atoms with van der Waals surface area (Å²) in [5, 5.41) is 1.29. The lowest BCUT2D eigenvalue weighted by Crippen LogP contribution is -2.40. The Balaban J connectivity index is 1.19. The summed E-state index contributed by atoms with van der Waals surface area (Å²) in [6.45, 7) is 3.72. The van der Waals surface area contributed by atoms with E-state index in [-0.39, 0.29) is 5.92 Å². The van der Waals surface area contributed by atoms with E-state index in [9.17, 15) is 9.59 Å². The molecule has 2 aliphatic heterocycles. The molecule has 0 spiro atoms. The third-order valence-corrected chi connectivity index (χ3v) is 6.96. The molecular weight excluding hydrogens is 388 g/mol.